The number of rotatable bonds is 7. The Kier molecular flexibility index (Phi) is 14.9. The van der Waals surface area contributed by atoms with Crippen molar-refractivity contribution in [1.29, 1.82) is 0 Å². The van der Waals surface area contributed by atoms with Crippen molar-refractivity contribution in [2.45, 2.75) is 76.8 Å². The molecule has 0 radical (unpaired) electrons. The van der Waals surface area contributed by atoms with E-state index in [-0.39, 0.29) is 24.5 Å². The quantitative estimate of drug-likeness (QED) is 0.124. The van der Waals surface area contributed by atoms with Crippen LogP contribution >= 0.6 is 21.6 Å². The lowest BCUT2D eigenvalue weighted by Crippen LogP contribution is -2.60. The van der Waals surface area contributed by atoms with Gasteiger partial charge < -0.3 is 42.7 Å². The van der Waals surface area contributed by atoms with Gasteiger partial charge in [0.1, 0.15) is 42.6 Å². The highest BCUT2D eigenvalue weighted by molar-refractivity contribution is 8.76. The van der Waals surface area contributed by atoms with Gasteiger partial charge in [0.2, 0.25) is 41.4 Å². The third-order valence-corrected chi connectivity index (χ3v) is 9.01. The number of hydrogen-bond acceptors (Lipinski definition) is 12. The number of carbonyl (C=O) groups is 8. The maximum atomic E-state index is 13.3. The molecule has 0 bridgehead atoms. The van der Waals surface area contributed by atoms with Gasteiger partial charge in [-0.15, -0.1) is 0 Å². The highest BCUT2D eigenvalue weighted by Crippen LogP contribution is 2.23. The monoisotopic (exact) mass is 685 g/mol. The number of nitrogens with two attached hydrogens (primary N) is 1. The summed E-state index contributed by atoms with van der Waals surface area (Å²) in [6, 6.07) is -7.79. The zero-order valence-corrected chi connectivity index (χ0v) is 27.3. The number of primary amides is 1. The van der Waals surface area contributed by atoms with Crippen molar-refractivity contribution in [1.82, 2.24) is 31.9 Å². The number of amides is 7. The van der Waals surface area contributed by atoms with Crippen LogP contribution < -0.4 is 37.6 Å². The summed E-state index contributed by atoms with van der Waals surface area (Å²) in [5.74, 6) is -7.78. The van der Waals surface area contributed by atoms with Crippen LogP contribution in [-0.4, -0.2) is 119 Å². The van der Waals surface area contributed by atoms with E-state index < -0.39 is 95.9 Å². The van der Waals surface area contributed by atoms with Gasteiger partial charge in [-0.2, -0.15) is 0 Å². The molecule has 2 rings (SSSR count). The number of carboxylic acid groups (broad SMARTS) is 1. The van der Waals surface area contributed by atoms with Crippen LogP contribution in [-0.2, 0) is 38.4 Å². The van der Waals surface area contributed by atoms with Crippen LogP contribution in [0.2, 0.25) is 0 Å². The van der Waals surface area contributed by atoms with E-state index in [9.17, 15) is 43.5 Å². The maximum absolute atomic E-state index is 13.3. The molecule has 0 aromatic rings. The van der Waals surface area contributed by atoms with Crippen LogP contribution in [0.3, 0.4) is 0 Å². The van der Waals surface area contributed by atoms with E-state index in [1.807, 2.05) is 0 Å². The Balaban J connectivity index is 2.44. The molecule has 6 atom stereocenters. The van der Waals surface area contributed by atoms with E-state index in [1.54, 1.807) is 13.8 Å². The highest BCUT2D eigenvalue weighted by Gasteiger charge is 2.34. The average molecular weight is 686 g/mol. The summed E-state index contributed by atoms with van der Waals surface area (Å²) in [5, 5.41) is 24.1. The summed E-state index contributed by atoms with van der Waals surface area (Å²) >= 11 is 0. The third kappa shape index (κ3) is 12.3. The number of aliphatic imine (C=N–C) groups is 2. The Labute approximate surface area is 272 Å². The number of aliphatic carboxylic acids is 1. The van der Waals surface area contributed by atoms with Crippen LogP contribution in [0.1, 0.15) is 40.5 Å². The summed E-state index contributed by atoms with van der Waals surface area (Å²) in [7, 11) is 2.08. The summed E-state index contributed by atoms with van der Waals surface area (Å²) < 4.78 is 0. The number of carboxylic acids is 1. The Morgan fingerprint density at radius 3 is 2.13 bits per heavy atom. The zero-order valence-electron chi connectivity index (χ0n) is 25.7. The van der Waals surface area contributed by atoms with Gasteiger partial charge in [-0.3, -0.25) is 43.3 Å². The second kappa shape index (κ2) is 18.1. The molecule has 2 aliphatic heterocycles. The first-order valence-corrected chi connectivity index (χ1v) is 16.7. The standard InChI is InChI=1S/C26H39N9O9S2/c1-11(2)20-26(44)33-16(6-19(37)38)24(42)34-17(21(27)39)8-45-46-9-18(31-13(4)36)25(43)32-15(5-14-7-28-10-29-14)23(41)30-12(3)22(40)35-20/h10-12,15-18,20H,5-9H2,1-4H3,(H2,27,39)(H,30,41)(H,31,36)(H,32,43)(H,33,44)(H,34,42)(H,35,40)(H,37,38)/t12-,15+,16-,17+,18+,20+/m1/s1. The van der Waals surface area contributed by atoms with E-state index in [4.69, 9.17) is 5.73 Å². The molecule has 0 aromatic heterocycles. The van der Waals surface area contributed by atoms with Gasteiger partial charge in [0.05, 0.1) is 13.0 Å². The first-order valence-electron chi connectivity index (χ1n) is 14.2. The largest absolute Gasteiger partial charge is 0.481 e. The Bertz CT molecular complexity index is 1280. The van der Waals surface area contributed by atoms with Gasteiger partial charge >= 0.3 is 5.97 Å². The molecule has 0 aromatic carbocycles. The van der Waals surface area contributed by atoms with Crippen molar-refractivity contribution < 1.29 is 43.5 Å². The second-order valence-electron chi connectivity index (χ2n) is 10.8. The van der Waals surface area contributed by atoms with Gasteiger partial charge in [-0.05, 0) is 12.8 Å². The van der Waals surface area contributed by atoms with Crippen molar-refractivity contribution in [3.8, 4) is 0 Å². The van der Waals surface area contributed by atoms with E-state index in [0.717, 1.165) is 21.6 Å². The van der Waals surface area contributed by atoms with Crippen molar-refractivity contribution in [2.24, 2.45) is 21.6 Å². The molecule has 2 aliphatic rings. The van der Waals surface area contributed by atoms with E-state index in [0.29, 0.717) is 5.71 Å². The molecule has 1 saturated heterocycles. The molecule has 0 saturated carbocycles. The van der Waals surface area contributed by atoms with Crippen LogP contribution in [0, 0.1) is 5.92 Å². The fourth-order valence-corrected chi connectivity index (χ4v) is 6.45. The Hall–Kier alpha value is -4.20. The highest BCUT2D eigenvalue weighted by atomic mass is 33.1. The Morgan fingerprint density at radius 2 is 1.57 bits per heavy atom. The van der Waals surface area contributed by atoms with Gasteiger partial charge in [0, 0.05) is 30.6 Å². The smallest absolute Gasteiger partial charge is 0.305 e. The lowest BCUT2D eigenvalue weighted by Gasteiger charge is -2.28. The normalized spacial score (nSPS) is 27.3. The molecule has 9 N–H and O–H groups in total. The van der Waals surface area contributed by atoms with E-state index >= 15 is 0 Å². The van der Waals surface area contributed by atoms with Crippen molar-refractivity contribution >= 4 is 81.0 Å². The van der Waals surface area contributed by atoms with E-state index in [1.165, 1.54) is 20.2 Å². The molecule has 1 fully saturated rings. The van der Waals surface area contributed by atoms with Crippen molar-refractivity contribution in [3.63, 3.8) is 0 Å². The zero-order chi connectivity index (χ0) is 34.6. The average Bonchev–Trinajstić information content (AvgIpc) is 3.47. The van der Waals surface area contributed by atoms with Gasteiger partial charge in [-0.1, -0.05) is 35.4 Å². The number of carbonyl (C=O) groups excluding carboxylic acids is 7. The lowest BCUT2D eigenvalue weighted by atomic mass is 10.0. The van der Waals surface area contributed by atoms with Gasteiger partial charge in [-0.25, -0.2) is 4.99 Å². The molecule has 7 amide bonds. The number of hydrogen-bond donors (Lipinski definition) is 8. The summed E-state index contributed by atoms with van der Waals surface area (Å²) in [6.45, 7) is 5.94. The van der Waals surface area contributed by atoms with Crippen LogP contribution in [0.4, 0.5) is 0 Å². The number of nitrogens with zero attached hydrogens (tertiary/aromatic N) is 2. The first-order chi connectivity index (χ1) is 21.6. The fraction of sp³-hybridized carbons (Fsp3) is 0.615. The third-order valence-electron chi connectivity index (χ3n) is 6.59. The predicted octanol–water partition coefficient (Wildman–Crippen LogP) is -3.18. The second-order valence-corrected chi connectivity index (χ2v) is 13.4. The molecule has 0 spiro atoms. The minimum Gasteiger partial charge on any atom is -0.481 e. The minimum absolute atomic E-state index is 0.0407. The van der Waals surface area contributed by atoms with Crippen molar-refractivity contribution in [3.05, 3.63) is 0 Å². The SMILES string of the molecule is CC(=O)N[C@H]1CSSC[C@@H](C(N)=O)NC(=O)[C@@H](CC(=O)O)NC(=O)[C@H](C(C)C)NC(=O)[C@@H](C)NC(=O)[C@H](CC2=NC=NC2)NC1=O. The molecular formula is C26H39N9O9S2. The summed E-state index contributed by atoms with van der Waals surface area (Å²) in [6.07, 6.45) is 0.412. The van der Waals surface area contributed by atoms with E-state index in [2.05, 4.69) is 41.9 Å². The molecule has 2 heterocycles. The minimum atomic E-state index is -1.64. The fourth-order valence-electron chi connectivity index (χ4n) is 4.11. The van der Waals surface area contributed by atoms with Crippen LogP contribution in [0.15, 0.2) is 9.98 Å². The molecular weight excluding hydrogens is 646 g/mol. The van der Waals surface area contributed by atoms with Crippen LogP contribution in [0.5, 0.6) is 0 Å². The van der Waals surface area contributed by atoms with Gasteiger partial charge in [0.15, 0.2) is 0 Å². The molecule has 0 unspecified atom stereocenters. The number of nitrogens with one attached hydrogen (secondary N) is 6. The summed E-state index contributed by atoms with van der Waals surface area (Å²) in [4.78, 5) is 110. The van der Waals surface area contributed by atoms with Crippen LogP contribution in [0.25, 0.3) is 0 Å². The predicted molar refractivity (Wildman–Crippen MR) is 170 cm³/mol. The summed E-state index contributed by atoms with van der Waals surface area (Å²) in [5.41, 5.74) is 5.94. The van der Waals surface area contributed by atoms with Crippen molar-refractivity contribution in [2.75, 3.05) is 18.1 Å². The Morgan fingerprint density at radius 1 is 0.935 bits per heavy atom. The molecule has 46 heavy (non-hydrogen) atoms. The first kappa shape index (κ1) is 38.0. The topological polar surface area (TPSA) is 280 Å². The van der Waals surface area contributed by atoms with Gasteiger partial charge in [0.25, 0.3) is 0 Å². The molecule has 254 valence electrons. The molecule has 18 nitrogen and oxygen atoms in total. The molecule has 20 heteroatoms. The molecule has 0 aliphatic carbocycles. The lowest BCUT2D eigenvalue weighted by molar-refractivity contribution is -0.141. The maximum Gasteiger partial charge on any atom is 0.305 e.